The number of nitrogens with zero attached hydrogens (tertiary/aromatic N) is 1. The second kappa shape index (κ2) is 9.12. The number of hydrogen-bond donors (Lipinski definition) is 3. The van der Waals surface area contributed by atoms with Gasteiger partial charge in [0.25, 0.3) is 0 Å². The molecule has 2 aliphatic heterocycles. The topological polar surface area (TPSA) is 73.5 Å². The summed E-state index contributed by atoms with van der Waals surface area (Å²) in [6, 6.07) is 0.305. The van der Waals surface area contributed by atoms with Crippen LogP contribution in [-0.2, 0) is 9.59 Å². The highest BCUT2D eigenvalue weighted by molar-refractivity contribution is 5.82. The van der Waals surface area contributed by atoms with Crippen molar-refractivity contribution in [1.29, 1.82) is 0 Å². The predicted molar refractivity (Wildman–Crippen MR) is 110 cm³/mol. The van der Waals surface area contributed by atoms with E-state index in [1.807, 2.05) is 0 Å². The monoisotopic (exact) mass is 390 g/mol. The number of piperidine rings is 1. The average molecular weight is 391 g/mol. The number of fused-ring (bicyclic) bond motifs is 2. The fourth-order valence-corrected chi connectivity index (χ4v) is 6.25. The van der Waals surface area contributed by atoms with Crippen molar-refractivity contribution in [3.05, 3.63) is 0 Å². The van der Waals surface area contributed by atoms with E-state index in [2.05, 4.69) is 27.8 Å². The van der Waals surface area contributed by atoms with Gasteiger partial charge in [-0.1, -0.05) is 6.42 Å². The molecular formula is C22H38N4O2. The number of nitrogens with one attached hydrogen (secondary N) is 3. The van der Waals surface area contributed by atoms with E-state index in [0.717, 1.165) is 63.7 Å². The molecule has 158 valence electrons. The SMILES string of the molecule is CC(NC(=O)CN1CCCC(CNC(=O)C2CCCN2)C1)C1CC2CCC1C2. The van der Waals surface area contributed by atoms with Crippen LogP contribution in [0.4, 0.5) is 0 Å². The molecule has 3 N–H and O–H groups in total. The zero-order valence-corrected chi connectivity index (χ0v) is 17.4. The molecule has 0 aromatic carbocycles. The molecular weight excluding hydrogens is 352 g/mol. The van der Waals surface area contributed by atoms with E-state index in [1.54, 1.807) is 0 Å². The third-order valence-electron chi connectivity index (χ3n) is 7.74. The highest BCUT2D eigenvalue weighted by atomic mass is 16.2. The highest BCUT2D eigenvalue weighted by Gasteiger charge is 2.42. The van der Waals surface area contributed by atoms with Gasteiger partial charge in [0, 0.05) is 19.1 Å². The van der Waals surface area contributed by atoms with Crippen LogP contribution in [0, 0.1) is 23.7 Å². The van der Waals surface area contributed by atoms with Gasteiger partial charge in [-0.15, -0.1) is 0 Å². The van der Waals surface area contributed by atoms with Crippen LogP contribution in [0.25, 0.3) is 0 Å². The van der Waals surface area contributed by atoms with Crippen LogP contribution in [0.5, 0.6) is 0 Å². The van der Waals surface area contributed by atoms with Crippen LogP contribution in [0.15, 0.2) is 0 Å². The van der Waals surface area contributed by atoms with Gasteiger partial charge in [-0.25, -0.2) is 0 Å². The smallest absolute Gasteiger partial charge is 0.237 e. The summed E-state index contributed by atoms with van der Waals surface area (Å²) in [4.78, 5) is 27.1. The van der Waals surface area contributed by atoms with Gasteiger partial charge in [0.1, 0.15) is 0 Å². The molecule has 2 saturated heterocycles. The molecule has 2 aliphatic carbocycles. The van der Waals surface area contributed by atoms with Gasteiger partial charge in [0.05, 0.1) is 12.6 Å². The molecule has 0 radical (unpaired) electrons. The third kappa shape index (κ3) is 4.88. The van der Waals surface area contributed by atoms with Crippen molar-refractivity contribution in [2.75, 3.05) is 32.7 Å². The van der Waals surface area contributed by atoms with Crippen molar-refractivity contribution < 1.29 is 9.59 Å². The Balaban J connectivity index is 1.17. The number of carbonyl (C=O) groups excluding carboxylic acids is 2. The average Bonchev–Trinajstić information content (AvgIpc) is 3.44. The Kier molecular flexibility index (Phi) is 6.56. The molecule has 4 aliphatic rings. The van der Waals surface area contributed by atoms with Gasteiger partial charge in [0.2, 0.25) is 11.8 Å². The first-order chi connectivity index (χ1) is 13.6. The lowest BCUT2D eigenvalue weighted by Crippen LogP contribution is -2.49. The van der Waals surface area contributed by atoms with Crippen LogP contribution < -0.4 is 16.0 Å². The Morgan fingerprint density at radius 2 is 2.04 bits per heavy atom. The van der Waals surface area contributed by atoms with Crippen LogP contribution in [0.1, 0.15) is 58.3 Å². The summed E-state index contributed by atoms with van der Waals surface area (Å²) >= 11 is 0. The highest BCUT2D eigenvalue weighted by Crippen LogP contribution is 2.49. The van der Waals surface area contributed by atoms with Gasteiger partial charge >= 0.3 is 0 Å². The van der Waals surface area contributed by atoms with Crippen LogP contribution in [-0.4, -0.2) is 61.5 Å². The minimum atomic E-state index is -0.00203. The van der Waals surface area contributed by atoms with Gasteiger partial charge in [0.15, 0.2) is 0 Å². The van der Waals surface area contributed by atoms with E-state index in [-0.39, 0.29) is 17.9 Å². The van der Waals surface area contributed by atoms with E-state index in [0.29, 0.717) is 24.4 Å². The van der Waals surface area contributed by atoms with Crippen LogP contribution in [0.3, 0.4) is 0 Å². The number of carbonyl (C=O) groups is 2. The van der Waals surface area contributed by atoms with E-state index in [9.17, 15) is 9.59 Å². The molecule has 2 amide bonds. The molecule has 0 spiro atoms. The lowest BCUT2D eigenvalue weighted by atomic mass is 9.84. The number of rotatable bonds is 7. The Hall–Kier alpha value is -1.14. The first-order valence-corrected chi connectivity index (χ1v) is 11.6. The quantitative estimate of drug-likeness (QED) is 0.616. The summed E-state index contributed by atoms with van der Waals surface area (Å²) in [5.74, 6) is 3.23. The Morgan fingerprint density at radius 3 is 2.75 bits per heavy atom. The fourth-order valence-electron chi connectivity index (χ4n) is 6.25. The van der Waals surface area contributed by atoms with Crippen molar-refractivity contribution in [3.8, 4) is 0 Å². The first-order valence-electron chi connectivity index (χ1n) is 11.6. The summed E-state index contributed by atoms with van der Waals surface area (Å²) in [6.45, 7) is 6.29. The number of amides is 2. The third-order valence-corrected chi connectivity index (χ3v) is 7.74. The molecule has 2 saturated carbocycles. The molecule has 4 fully saturated rings. The lowest BCUT2D eigenvalue weighted by molar-refractivity contribution is -0.125. The lowest BCUT2D eigenvalue weighted by Gasteiger charge is -2.33. The second-order valence-electron chi connectivity index (χ2n) is 9.83. The summed E-state index contributed by atoms with van der Waals surface area (Å²) < 4.78 is 0. The molecule has 4 rings (SSSR count). The Morgan fingerprint density at radius 1 is 1.14 bits per heavy atom. The second-order valence-corrected chi connectivity index (χ2v) is 9.83. The number of hydrogen-bond acceptors (Lipinski definition) is 4. The maximum atomic E-state index is 12.6. The van der Waals surface area contributed by atoms with E-state index >= 15 is 0 Å². The molecule has 2 heterocycles. The van der Waals surface area contributed by atoms with Gasteiger partial charge < -0.3 is 16.0 Å². The first kappa shape index (κ1) is 20.1. The summed E-state index contributed by atoms with van der Waals surface area (Å²) in [5.41, 5.74) is 0. The van der Waals surface area contributed by atoms with Crippen molar-refractivity contribution in [2.24, 2.45) is 23.7 Å². The maximum absolute atomic E-state index is 12.6. The Bertz CT molecular complexity index is 563. The minimum Gasteiger partial charge on any atom is -0.354 e. The van der Waals surface area contributed by atoms with Gasteiger partial charge in [-0.2, -0.15) is 0 Å². The molecule has 0 aromatic rings. The molecule has 2 bridgehead atoms. The van der Waals surface area contributed by atoms with E-state index < -0.39 is 0 Å². The van der Waals surface area contributed by atoms with E-state index in [1.165, 1.54) is 25.7 Å². The zero-order valence-electron chi connectivity index (χ0n) is 17.4. The Labute approximate surface area is 169 Å². The molecule has 6 nitrogen and oxygen atoms in total. The summed E-state index contributed by atoms with van der Waals surface area (Å²) in [6.07, 6.45) is 9.76. The maximum Gasteiger partial charge on any atom is 0.237 e. The largest absolute Gasteiger partial charge is 0.354 e. The molecule has 6 atom stereocenters. The minimum absolute atomic E-state index is 0.00203. The van der Waals surface area contributed by atoms with Crippen molar-refractivity contribution >= 4 is 11.8 Å². The molecule has 0 aromatic heterocycles. The van der Waals surface area contributed by atoms with Crippen LogP contribution >= 0.6 is 0 Å². The molecule has 28 heavy (non-hydrogen) atoms. The molecule has 6 unspecified atom stereocenters. The summed E-state index contributed by atoms with van der Waals surface area (Å²) in [5, 5.41) is 9.68. The number of likely N-dealkylation sites (tertiary alicyclic amines) is 1. The van der Waals surface area contributed by atoms with Gasteiger partial charge in [-0.05, 0) is 88.6 Å². The van der Waals surface area contributed by atoms with Crippen molar-refractivity contribution in [3.63, 3.8) is 0 Å². The predicted octanol–water partition coefficient (Wildman–Crippen LogP) is 1.51. The fraction of sp³-hybridized carbons (Fsp3) is 0.909. The molecule has 6 heteroatoms. The standard InChI is InChI=1S/C22H38N4O2/c1-15(19-11-16-6-7-18(19)10-16)25-21(27)14-26-9-3-4-17(13-26)12-24-22(28)20-5-2-8-23-20/h15-20,23H,2-14H2,1H3,(H,24,28)(H,25,27). The normalized spacial score (nSPS) is 36.4. The van der Waals surface area contributed by atoms with Crippen LogP contribution in [0.2, 0.25) is 0 Å². The van der Waals surface area contributed by atoms with E-state index in [4.69, 9.17) is 0 Å². The summed E-state index contributed by atoms with van der Waals surface area (Å²) in [7, 11) is 0. The van der Waals surface area contributed by atoms with Gasteiger partial charge in [-0.3, -0.25) is 14.5 Å². The zero-order chi connectivity index (χ0) is 19.5. The van der Waals surface area contributed by atoms with Crippen molar-refractivity contribution in [1.82, 2.24) is 20.9 Å². The van der Waals surface area contributed by atoms with Crippen molar-refractivity contribution in [2.45, 2.75) is 70.4 Å².